The van der Waals surface area contributed by atoms with Gasteiger partial charge in [0, 0.05) is 17.1 Å². The molecule has 2 heterocycles. The van der Waals surface area contributed by atoms with Gasteiger partial charge in [-0.2, -0.15) is 0 Å². The van der Waals surface area contributed by atoms with Crippen LogP contribution in [0, 0.1) is 0 Å². The van der Waals surface area contributed by atoms with Crippen LogP contribution in [0.1, 0.15) is 25.3 Å². The van der Waals surface area contributed by atoms with E-state index in [9.17, 15) is 8.42 Å². The molecule has 3 rings (SSSR count). The third-order valence-corrected chi connectivity index (χ3v) is 5.61. The molecule has 0 saturated heterocycles. The normalized spacial score (nSPS) is 16.6. The zero-order valence-electron chi connectivity index (χ0n) is 12.0. The van der Waals surface area contributed by atoms with E-state index in [0.717, 1.165) is 28.6 Å². The Balaban J connectivity index is 2.33. The summed E-state index contributed by atoms with van der Waals surface area (Å²) in [7, 11) is -3.47. The maximum atomic E-state index is 12.8. The van der Waals surface area contributed by atoms with E-state index in [1.165, 1.54) is 4.31 Å². The fourth-order valence-corrected chi connectivity index (χ4v) is 4.54. The van der Waals surface area contributed by atoms with Crippen LogP contribution in [0.2, 0.25) is 0 Å². The quantitative estimate of drug-likeness (QED) is 0.877. The molecular formula is C16H18N2O2S. The van der Waals surface area contributed by atoms with Gasteiger partial charge in [-0.3, -0.25) is 4.31 Å². The summed E-state index contributed by atoms with van der Waals surface area (Å²) in [6, 6.07) is 5.93. The van der Waals surface area contributed by atoms with Gasteiger partial charge in [0.25, 0.3) is 10.0 Å². The lowest BCUT2D eigenvalue weighted by atomic mass is 10.1. The first-order valence-electron chi connectivity index (χ1n) is 7.04. The standard InChI is InChI=1S/C16H18N2O2S/c1-3-5-14-11-13-7-6-12-8-9-17-15(12)16(13)18(10-4-2)21(14,19)20/h4,6-9,11,17H,2-3,5,10H2,1H3. The van der Waals surface area contributed by atoms with Crippen molar-refractivity contribution in [2.45, 2.75) is 19.8 Å². The van der Waals surface area contributed by atoms with Gasteiger partial charge in [0.15, 0.2) is 0 Å². The second-order valence-corrected chi connectivity index (χ2v) is 7.05. The van der Waals surface area contributed by atoms with Crippen molar-refractivity contribution in [3.05, 3.63) is 47.5 Å². The van der Waals surface area contributed by atoms with E-state index >= 15 is 0 Å². The number of aromatic nitrogens is 1. The van der Waals surface area contributed by atoms with Crippen LogP contribution in [0.5, 0.6) is 0 Å². The lowest BCUT2D eigenvalue weighted by Crippen LogP contribution is -2.35. The van der Waals surface area contributed by atoms with Crippen molar-refractivity contribution in [2.75, 3.05) is 10.8 Å². The Hall–Kier alpha value is -2.01. The highest BCUT2D eigenvalue weighted by Crippen LogP contribution is 2.39. The Morgan fingerprint density at radius 3 is 2.86 bits per heavy atom. The van der Waals surface area contributed by atoms with E-state index in [1.54, 1.807) is 12.2 Å². The number of H-pyrrole nitrogens is 1. The van der Waals surface area contributed by atoms with E-state index < -0.39 is 10.0 Å². The predicted molar refractivity (Wildman–Crippen MR) is 87.6 cm³/mol. The van der Waals surface area contributed by atoms with Gasteiger partial charge in [0.1, 0.15) is 0 Å². The van der Waals surface area contributed by atoms with Crippen molar-refractivity contribution in [3.63, 3.8) is 0 Å². The average Bonchev–Trinajstić information content (AvgIpc) is 2.92. The van der Waals surface area contributed by atoms with Crippen molar-refractivity contribution in [1.82, 2.24) is 4.98 Å². The second kappa shape index (κ2) is 5.07. The number of sulfonamides is 1. The molecule has 4 nitrogen and oxygen atoms in total. The first kappa shape index (κ1) is 13.9. The van der Waals surface area contributed by atoms with Gasteiger partial charge >= 0.3 is 0 Å². The molecule has 0 fully saturated rings. The molecule has 1 aliphatic heterocycles. The highest BCUT2D eigenvalue weighted by atomic mass is 32.2. The molecular weight excluding hydrogens is 284 g/mol. The number of hydrogen-bond acceptors (Lipinski definition) is 2. The molecule has 1 aromatic carbocycles. The zero-order valence-corrected chi connectivity index (χ0v) is 12.8. The van der Waals surface area contributed by atoms with E-state index in [1.807, 2.05) is 31.3 Å². The highest BCUT2D eigenvalue weighted by Gasteiger charge is 2.32. The van der Waals surface area contributed by atoms with Crippen LogP contribution in [-0.2, 0) is 10.0 Å². The molecule has 0 amide bonds. The summed E-state index contributed by atoms with van der Waals surface area (Å²) in [6.07, 6.45) is 6.60. The largest absolute Gasteiger partial charge is 0.359 e. The van der Waals surface area contributed by atoms with Crippen LogP contribution in [0.15, 0.2) is 42.0 Å². The van der Waals surface area contributed by atoms with Gasteiger partial charge in [0.2, 0.25) is 0 Å². The van der Waals surface area contributed by atoms with Gasteiger partial charge in [-0.1, -0.05) is 31.6 Å². The number of nitrogens with one attached hydrogen (secondary N) is 1. The average molecular weight is 302 g/mol. The Labute approximate surface area is 124 Å². The number of nitrogens with zero attached hydrogens (tertiary/aromatic N) is 1. The number of hydrogen-bond donors (Lipinski definition) is 1. The van der Waals surface area contributed by atoms with Crippen LogP contribution in [0.3, 0.4) is 0 Å². The molecule has 2 aromatic rings. The van der Waals surface area contributed by atoms with Crippen molar-refractivity contribution in [3.8, 4) is 0 Å². The summed E-state index contributed by atoms with van der Waals surface area (Å²) < 4.78 is 27.1. The van der Waals surface area contributed by atoms with Gasteiger partial charge in [-0.05, 0) is 18.6 Å². The van der Waals surface area contributed by atoms with Gasteiger partial charge < -0.3 is 4.98 Å². The minimum atomic E-state index is -3.47. The Morgan fingerprint density at radius 1 is 1.33 bits per heavy atom. The summed E-state index contributed by atoms with van der Waals surface area (Å²) in [5.41, 5.74) is 2.51. The van der Waals surface area contributed by atoms with E-state index in [4.69, 9.17) is 0 Å². The van der Waals surface area contributed by atoms with E-state index in [0.29, 0.717) is 11.3 Å². The number of rotatable bonds is 4. The molecule has 0 bridgehead atoms. The van der Waals surface area contributed by atoms with Crippen LogP contribution in [0.25, 0.3) is 17.0 Å². The SMILES string of the molecule is C=CCN1c2c(ccc3cc[nH]c23)C=C(CCC)S1(=O)=O. The van der Waals surface area contributed by atoms with Crippen LogP contribution in [-0.4, -0.2) is 19.9 Å². The lowest BCUT2D eigenvalue weighted by molar-refractivity contribution is 0.596. The van der Waals surface area contributed by atoms with Crippen molar-refractivity contribution >= 4 is 32.7 Å². The summed E-state index contributed by atoms with van der Waals surface area (Å²) in [5, 5.41) is 1.00. The maximum Gasteiger partial charge on any atom is 0.260 e. The smallest absolute Gasteiger partial charge is 0.260 e. The second-order valence-electron chi connectivity index (χ2n) is 5.13. The predicted octanol–water partition coefficient (Wildman–Crippen LogP) is 3.64. The Bertz CT molecular complexity index is 831. The van der Waals surface area contributed by atoms with Gasteiger partial charge in [-0.25, -0.2) is 8.42 Å². The van der Waals surface area contributed by atoms with E-state index in [2.05, 4.69) is 11.6 Å². The Morgan fingerprint density at radius 2 is 2.14 bits per heavy atom. The summed E-state index contributed by atoms with van der Waals surface area (Å²) in [5.74, 6) is 0. The zero-order chi connectivity index (χ0) is 15.0. The topological polar surface area (TPSA) is 53.2 Å². The molecule has 1 aromatic heterocycles. The first-order chi connectivity index (χ1) is 10.1. The summed E-state index contributed by atoms with van der Waals surface area (Å²) in [4.78, 5) is 3.63. The first-order valence-corrected chi connectivity index (χ1v) is 8.48. The molecule has 5 heteroatoms. The third-order valence-electron chi connectivity index (χ3n) is 3.71. The summed E-state index contributed by atoms with van der Waals surface area (Å²) >= 11 is 0. The molecule has 0 spiro atoms. The molecule has 1 aliphatic rings. The van der Waals surface area contributed by atoms with Crippen molar-refractivity contribution < 1.29 is 8.42 Å². The molecule has 1 N–H and O–H groups in total. The van der Waals surface area contributed by atoms with Crippen molar-refractivity contribution in [1.29, 1.82) is 0 Å². The Kier molecular flexibility index (Phi) is 3.37. The minimum absolute atomic E-state index is 0.272. The lowest BCUT2D eigenvalue weighted by Gasteiger charge is -2.30. The number of anilines is 1. The van der Waals surface area contributed by atoms with Gasteiger partial charge in [-0.15, -0.1) is 6.58 Å². The number of benzene rings is 1. The summed E-state index contributed by atoms with van der Waals surface area (Å²) in [6.45, 7) is 5.95. The molecule has 0 aliphatic carbocycles. The molecule has 110 valence electrons. The number of aromatic amines is 1. The monoisotopic (exact) mass is 302 g/mol. The molecule has 0 unspecified atom stereocenters. The third kappa shape index (κ3) is 2.08. The highest BCUT2D eigenvalue weighted by molar-refractivity contribution is 7.96. The van der Waals surface area contributed by atoms with Crippen LogP contribution in [0.4, 0.5) is 5.69 Å². The number of allylic oxidation sites excluding steroid dienone is 1. The number of fused-ring (bicyclic) bond motifs is 3. The van der Waals surface area contributed by atoms with Crippen LogP contribution < -0.4 is 4.31 Å². The fraction of sp³-hybridized carbons (Fsp3) is 0.250. The molecule has 0 radical (unpaired) electrons. The molecule has 0 atom stereocenters. The maximum absolute atomic E-state index is 12.8. The van der Waals surface area contributed by atoms with Crippen molar-refractivity contribution in [2.24, 2.45) is 0 Å². The molecule has 21 heavy (non-hydrogen) atoms. The van der Waals surface area contributed by atoms with E-state index in [-0.39, 0.29) is 6.54 Å². The fourth-order valence-electron chi connectivity index (χ4n) is 2.78. The minimum Gasteiger partial charge on any atom is -0.359 e. The molecule has 0 saturated carbocycles. The van der Waals surface area contributed by atoms with Crippen LogP contribution >= 0.6 is 0 Å². The van der Waals surface area contributed by atoms with Gasteiger partial charge in [0.05, 0.1) is 22.7 Å².